The fourth-order valence-corrected chi connectivity index (χ4v) is 2.64. The fourth-order valence-electron chi connectivity index (χ4n) is 2.64. The molecule has 80 valence electrons. The lowest BCUT2D eigenvalue weighted by atomic mass is 9.81. The zero-order chi connectivity index (χ0) is 11.0. The number of hydrogen-bond acceptors (Lipinski definition) is 0. The summed E-state index contributed by atoms with van der Waals surface area (Å²) < 4.78 is 0. The van der Waals surface area contributed by atoms with Crippen molar-refractivity contribution < 1.29 is 0 Å². The van der Waals surface area contributed by atoms with E-state index in [1.54, 1.807) is 5.56 Å². The second-order valence-electron chi connectivity index (χ2n) is 5.06. The summed E-state index contributed by atoms with van der Waals surface area (Å²) in [6, 6.07) is 6.75. The van der Waals surface area contributed by atoms with E-state index in [0.717, 1.165) is 0 Å². The van der Waals surface area contributed by atoms with Crippen molar-refractivity contribution in [2.45, 2.75) is 40.0 Å². The summed E-state index contributed by atoms with van der Waals surface area (Å²) in [4.78, 5) is 0. The highest BCUT2D eigenvalue weighted by Crippen LogP contribution is 2.33. The van der Waals surface area contributed by atoms with Crippen LogP contribution < -0.4 is 0 Å². The van der Waals surface area contributed by atoms with Crippen LogP contribution in [-0.2, 0) is 6.42 Å². The number of fused-ring (bicyclic) bond motifs is 1. The van der Waals surface area contributed by atoms with Crippen LogP contribution in [-0.4, -0.2) is 0 Å². The highest BCUT2D eigenvalue weighted by Gasteiger charge is 2.18. The third kappa shape index (κ3) is 1.86. The minimum Gasteiger partial charge on any atom is -0.0778 e. The molecule has 1 aliphatic carbocycles. The summed E-state index contributed by atoms with van der Waals surface area (Å²) in [6.45, 7) is 9.12. The van der Waals surface area contributed by atoms with E-state index in [9.17, 15) is 0 Å². The Morgan fingerprint density at radius 2 is 2.00 bits per heavy atom. The Balaban J connectivity index is 2.57. The Morgan fingerprint density at radius 1 is 1.27 bits per heavy atom. The molecule has 0 N–H and O–H groups in total. The molecular weight excluding hydrogens is 180 g/mol. The molecule has 0 spiro atoms. The Morgan fingerprint density at radius 3 is 2.67 bits per heavy atom. The lowest BCUT2D eigenvalue weighted by Gasteiger charge is -2.24. The van der Waals surface area contributed by atoms with Crippen LogP contribution in [0, 0.1) is 5.92 Å². The lowest BCUT2D eigenvalue weighted by Crippen LogP contribution is -2.10. The number of rotatable bonds is 1. The van der Waals surface area contributed by atoms with E-state index in [2.05, 4.69) is 52.0 Å². The number of benzene rings is 1. The van der Waals surface area contributed by atoms with Crippen LogP contribution >= 0.6 is 0 Å². The monoisotopic (exact) mass is 200 g/mol. The zero-order valence-corrected chi connectivity index (χ0v) is 10.2. The van der Waals surface area contributed by atoms with Crippen LogP contribution in [0.4, 0.5) is 0 Å². The summed E-state index contributed by atoms with van der Waals surface area (Å²) >= 11 is 0. The van der Waals surface area contributed by atoms with Crippen LogP contribution in [0.15, 0.2) is 24.3 Å². The van der Waals surface area contributed by atoms with Crippen molar-refractivity contribution in [1.82, 2.24) is 0 Å². The molecule has 1 aromatic carbocycles. The Bertz CT molecular complexity index is 396. The maximum atomic E-state index is 2.40. The van der Waals surface area contributed by atoms with Gasteiger partial charge in [0.25, 0.3) is 0 Å². The topological polar surface area (TPSA) is 0 Å². The van der Waals surface area contributed by atoms with Gasteiger partial charge in [0.15, 0.2) is 0 Å². The van der Waals surface area contributed by atoms with Crippen molar-refractivity contribution in [3.05, 3.63) is 41.0 Å². The van der Waals surface area contributed by atoms with Gasteiger partial charge < -0.3 is 0 Å². The summed E-state index contributed by atoms with van der Waals surface area (Å²) in [6.07, 6.45) is 3.60. The third-order valence-electron chi connectivity index (χ3n) is 3.32. The van der Waals surface area contributed by atoms with Gasteiger partial charge in [-0.05, 0) is 47.4 Å². The largest absolute Gasteiger partial charge is 0.0778 e. The second-order valence-corrected chi connectivity index (χ2v) is 5.06. The van der Waals surface area contributed by atoms with Gasteiger partial charge in [0, 0.05) is 0 Å². The van der Waals surface area contributed by atoms with E-state index < -0.39 is 0 Å². The van der Waals surface area contributed by atoms with Crippen molar-refractivity contribution in [2.75, 3.05) is 0 Å². The van der Waals surface area contributed by atoms with E-state index >= 15 is 0 Å². The Hall–Kier alpha value is -1.04. The highest BCUT2D eigenvalue weighted by atomic mass is 14.2. The van der Waals surface area contributed by atoms with Crippen LogP contribution in [0.3, 0.4) is 0 Å². The maximum absolute atomic E-state index is 2.40. The van der Waals surface area contributed by atoms with E-state index in [0.29, 0.717) is 11.8 Å². The molecule has 1 aliphatic rings. The van der Waals surface area contributed by atoms with Crippen LogP contribution in [0.25, 0.3) is 5.57 Å². The molecule has 1 aromatic rings. The van der Waals surface area contributed by atoms with Crippen molar-refractivity contribution in [3.8, 4) is 0 Å². The predicted molar refractivity (Wildman–Crippen MR) is 67.1 cm³/mol. The average molecular weight is 200 g/mol. The van der Waals surface area contributed by atoms with Crippen molar-refractivity contribution in [3.63, 3.8) is 0 Å². The maximum Gasteiger partial charge on any atom is -0.0195 e. The van der Waals surface area contributed by atoms with Crippen LogP contribution in [0.2, 0.25) is 0 Å². The molecule has 0 radical (unpaired) electrons. The van der Waals surface area contributed by atoms with E-state index in [-0.39, 0.29) is 0 Å². The molecule has 1 unspecified atom stereocenters. The molecule has 2 rings (SSSR count). The first-order valence-corrected chi connectivity index (χ1v) is 5.90. The third-order valence-corrected chi connectivity index (χ3v) is 3.32. The van der Waals surface area contributed by atoms with Crippen molar-refractivity contribution in [1.29, 1.82) is 0 Å². The second kappa shape index (κ2) is 3.84. The van der Waals surface area contributed by atoms with Crippen molar-refractivity contribution in [2.24, 2.45) is 5.92 Å². The Labute approximate surface area is 93.0 Å². The molecule has 0 fully saturated rings. The zero-order valence-electron chi connectivity index (χ0n) is 10.2. The minimum atomic E-state index is 0.637. The van der Waals surface area contributed by atoms with Gasteiger partial charge in [0.05, 0.1) is 0 Å². The van der Waals surface area contributed by atoms with E-state index in [1.807, 2.05) is 0 Å². The minimum absolute atomic E-state index is 0.637. The molecule has 1 atom stereocenters. The fraction of sp³-hybridized carbons (Fsp3) is 0.467. The molecule has 0 heteroatoms. The molecule has 0 amide bonds. The SMILES string of the molecule is CC1=CC(C)Cc2c1cccc2C(C)C. The summed E-state index contributed by atoms with van der Waals surface area (Å²) in [5.74, 6) is 1.33. The first kappa shape index (κ1) is 10.5. The van der Waals surface area contributed by atoms with Crippen molar-refractivity contribution >= 4 is 5.57 Å². The molecule has 0 saturated heterocycles. The number of allylic oxidation sites excluding steroid dienone is 2. The standard InChI is InChI=1S/C15H20/c1-10(2)13-6-5-7-14-12(4)8-11(3)9-15(13)14/h5-8,10-11H,9H2,1-4H3. The first-order valence-electron chi connectivity index (χ1n) is 5.90. The molecule has 0 bridgehead atoms. The van der Waals surface area contributed by atoms with Gasteiger partial charge in [0.2, 0.25) is 0 Å². The van der Waals surface area contributed by atoms with Crippen LogP contribution in [0.5, 0.6) is 0 Å². The molecule has 15 heavy (non-hydrogen) atoms. The first-order chi connectivity index (χ1) is 7.09. The molecule has 0 aromatic heterocycles. The van der Waals surface area contributed by atoms with Gasteiger partial charge in [-0.15, -0.1) is 0 Å². The quantitative estimate of drug-likeness (QED) is 0.630. The van der Waals surface area contributed by atoms with E-state index in [4.69, 9.17) is 0 Å². The van der Waals surface area contributed by atoms with Gasteiger partial charge in [-0.25, -0.2) is 0 Å². The average Bonchev–Trinajstić information content (AvgIpc) is 2.16. The van der Waals surface area contributed by atoms with Crippen LogP contribution in [0.1, 0.15) is 50.3 Å². The van der Waals surface area contributed by atoms with Gasteiger partial charge >= 0.3 is 0 Å². The lowest BCUT2D eigenvalue weighted by molar-refractivity contribution is 0.696. The molecular formula is C15H20. The smallest absolute Gasteiger partial charge is 0.0195 e. The summed E-state index contributed by atoms with van der Waals surface area (Å²) in [5, 5.41) is 0. The number of hydrogen-bond donors (Lipinski definition) is 0. The Kier molecular flexibility index (Phi) is 2.68. The van der Waals surface area contributed by atoms with Gasteiger partial charge in [-0.1, -0.05) is 45.0 Å². The molecule has 0 saturated carbocycles. The molecule has 0 aliphatic heterocycles. The van der Waals surface area contributed by atoms with E-state index in [1.165, 1.54) is 23.1 Å². The molecule has 0 heterocycles. The van der Waals surface area contributed by atoms with Gasteiger partial charge in [-0.2, -0.15) is 0 Å². The van der Waals surface area contributed by atoms with Gasteiger partial charge in [-0.3, -0.25) is 0 Å². The summed E-state index contributed by atoms with van der Waals surface area (Å²) in [7, 11) is 0. The highest BCUT2D eigenvalue weighted by molar-refractivity contribution is 5.70. The van der Waals surface area contributed by atoms with Gasteiger partial charge in [0.1, 0.15) is 0 Å². The summed E-state index contributed by atoms with van der Waals surface area (Å²) in [5.41, 5.74) is 6.04. The normalized spacial score (nSPS) is 20.1. The predicted octanol–water partition coefficient (Wildman–Crippen LogP) is 4.41. The molecule has 0 nitrogen and oxygen atoms in total.